The summed E-state index contributed by atoms with van der Waals surface area (Å²) in [4.78, 5) is 0. The zero-order valence-corrected chi connectivity index (χ0v) is 7.55. The third-order valence-corrected chi connectivity index (χ3v) is 3.41. The molecule has 1 aliphatic carbocycles. The lowest BCUT2D eigenvalue weighted by Gasteiger charge is -2.30. The first kappa shape index (κ1) is 7.60. The Hall–Kier alpha value is -0.0400. The van der Waals surface area contributed by atoms with Gasteiger partial charge in [0.1, 0.15) is 0 Å². The van der Waals surface area contributed by atoms with E-state index in [1.807, 2.05) is 0 Å². The number of hydrogen-bond donors (Lipinski definition) is 0. The fraction of sp³-hybridized carbons (Fsp3) is 1.00. The van der Waals surface area contributed by atoms with Gasteiger partial charge in [-0.1, -0.05) is 20.3 Å². The fourth-order valence-electron chi connectivity index (χ4n) is 2.59. The average Bonchev–Trinajstić information content (AvgIpc) is 2.32. The van der Waals surface area contributed by atoms with Gasteiger partial charge in [-0.3, -0.25) is 0 Å². The number of hydrogen-bond acceptors (Lipinski definition) is 1. The molecule has 0 aromatic rings. The van der Waals surface area contributed by atoms with Gasteiger partial charge in [-0.15, -0.1) is 0 Å². The Morgan fingerprint density at radius 3 is 2.82 bits per heavy atom. The highest BCUT2D eigenvalue weighted by Gasteiger charge is 2.37. The maximum absolute atomic E-state index is 5.74. The quantitative estimate of drug-likeness (QED) is 0.521. The third-order valence-electron chi connectivity index (χ3n) is 3.41. The van der Waals surface area contributed by atoms with Crippen LogP contribution in [-0.2, 0) is 4.74 Å². The predicted molar refractivity (Wildman–Crippen MR) is 45.4 cm³/mol. The van der Waals surface area contributed by atoms with Crippen LogP contribution in [0.1, 0.15) is 33.1 Å². The molecular formula is C10H18O. The molecule has 2 fully saturated rings. The molecule has 4 unspecified atom stereocenters. The van der Waals surface area contributed by atoms with E-state index in [1.54, 1.807) is 0 Å². The van der Waals surface area contributed by atoms with Crippen molar-refractivity contribution in [3.8, 4) is 0 Å². The monoisotopic (exact) mass is 154 g/mol. The van der Waals surface area contributed by atoms with E-state index in [1.165, 1.54) is 19.3 Å². The molecule has 2 rings (SSSR count). The molecule has 0 aromatic heterocycles. The van der Waals surface area contributed by atoms with Crippen LogP contribution in [0.2, 0.25) is 0 Å². The molecule has 0 spiro atoms. The molecule has 0 bridgehead atoms. The van der Waals surface area contributed by atoms with Crippen LogP contribution in [0, 0.1) is 17.8 Å². The van der Waals surface area contributed by atoms with Crippen LogP contribution in [0.5, 0.6) is 0 Å². The van der Waals surface area contributed by atoms with Gasteiger partial charge in [-0.2, -0.15) is 0 Å². The van der Waals surface area contributed by atoms with E-state index < -0.39 is 0 Å². The molecular weight excluding hydrogens is 136 g/mol. The first-order valence-corrected chi connectivity index (χ1v) is 4.89. The van der Waals surface area contributed by atoms with Crippen LogP contribution in [-0.4, -0.2) is 12.7 Å². The third kappa shape index (κ3) is 1.31. The highest BCUT2D eigenvalue weighted by atomic mass is 16.5. The fourth-order valence-corrected chi connectivity index (χ4v) is 2.59. The second kappa shape index (κ2) is 2.78. The van der Waals surface area contributed by atoms with Gasteiger partial charge in [0, 0.05) is 6.61 Å². The van der Waals surface area contributed by atoms with Crippen molar-refractivity contribution in [2.24, 2.45) is 17.8 Å². The molecule has 1 heteroatoms. The molecule has 2 aliphatic rings. The second-order valence-corrected chi connectivity index (χ2v) is 4.43. The molecule has 0 N–H and O–H groups in total. The van der Waals surface area contributed by atoms with E-state index >= 15 is 0 Å². The Labute approximate surface area is 69.1 Å². The van der Waals surface area contributed by atoms with E-state index in [0.717, 1.165) is 24.4 Å². The van der Waals surface area contributed by atoms with Crippen LogP contribution >= 0.6 is 0 Å². The summed E-state index contributed by atoms with van der Waals surface area (Å²) in [5, 5.41) is 0. The first-order valence-electron chi connectivity index (χ1n) is 4.89. The molecule has 64 valence electrons. The summed E-state index contributed by atoms with van der Waals surface area (Å²) in [6.45, 7) is 5.70. The molecule has 0 amide bonds. The Morgan fingerprint density at radius 1 is 1.18 bits per heavy atom. The standard InChI is InChI=1S/C10H18O/c1-7-3-4-9-8(2)6-11-10(9)5-7/h7-10H,3-6H2,1-2H3. The van der Waals surface area contributed by atoms with Crippen molar-refractivity contribution in [1.29, 1.82) is 0 Å². The van der Waals surface area contributed by atoms with Gasteiger partial charge in [-0.05, 0) is 30.6 Å². The van der Waals surface area contributed by atoms with Crippen LogP contribution in [0.15, 0.2) is 0 Å². The van der Waals surface area contributed by atoms with Crippen molar-refractivity contribution in [3.63, 3.8) is 0 Å². The lowest BCUT2D eigenvalue weighted by Crippen LogP contribution is -2.27. The second-order valence-electron chi connectivity index (χ2n) is 4.43. The topological polar surface area (TPSA) is 9.23 Å². The number of rotatable bonds is 0. The van der Waals surface area contributed by atoms with Gasteiger partial charge in [0.2, 0.25) is 0 Å². The maximum atomic E-state index is 5.74. The van der Waals surface area contributed by atoms with Gasteiger partial charge in [0.15, 0.2) is 0 Å². The molecule has 11 heavy (non-hydrogen) atoms. The van der Waals surface area contributed by atoms with Crippen molar-refractivity contribution in [1.82, 2.24) is 0 Å². The van der Waals surface area contributed by atoms with Crippen molar-refractivity contribution in [2.45, 2.75) is 39.2 Å². The van der Waals surface area contributed by atoms with E-state index in [4.69, 9.17) is 4.74 Å². The highest BCUT2D eigenvalue weighted by molar-refractivity contribution is 4.86. The van der Waals surface area contributed by atoms with E-state index in [9.17, 15) is 0 Å². The zero-order chi connectivity index (χ0) is 7.84. The summed E-state index contributed by atoms with van der Waals surface area (Å²) in [6, 6.07) is 0. The van der Waals surface area contributed by atoms with Crippen molar-refractivity contribution in [3.05, 3.63) is 0 Å². The highest BCUT2D eigenvalue weighted by Crippen LogP contribution is 2.39. The minimum absolute atomic E-state index is 0.619. The Balaban J connectivity index is 2.00. The summed E-state index contributed by atoms with van der Waals surface area (Å²) in [5.41, 5.74) is 0. The summed E-state index contributed by atoms with van der Waals surface area (Å²) in [7, 11) is 0. The smallest absolute Gasteiger partial charge is 0.0609 e. The van der Waals surface area contributed by atoms with Crippen LogP contribution in [0.4, 0.5) is 0 Å². The van der Waals surface area contributed by atoms with Crippen molar-refractivity contribution < 1.29 is 4.74 Å². The SMILES string of the molecule is CC1CCC2C(C)COC2C1. The molecule has 1 saturated heterocycles. The van der Waals surface area contributed by atoms with Crippen LogP contribution in [0.3, 0.4) is 0 Å². The van der Waals surface area contributed by atoms with E-state index in [-0.39, 0.29) is 0 Å². The minimum atomic E-state index is 0.619. The van der Waals surface area contributed by atoms with Gasteiger partial charge < -0.3 is 4.74 Å². The average molecular weight is 154 g/mol. The Morgan fingerprint density at radius 2 is 2.00 bits per heavy atom. The van der Waals surface area contributed by atoms with E-state index in [2.05, 4.69) is 13.8 Å². The molecule has 1 nitrogen and oxygen atoms in total. The summed E-state index contributed by atoms with van der Waals surface area (Å²) < 4.78 is 5.74. The summed E-state index contributed by atoms with van der Waals surface area (Å²) >= 11 is 0. The normalized spacial score (nSPS) is 50.7. The first-order chi connectivity index (χ1) is 5.27. The van der Waals surface area contributed by atoms with Gasteiger partial charge in [-0.25, -0.2) is 0 Å². The summed E-state index contributed by atoms with van der Waals surface area (Å²) in [5.74, 6) is 2.63. The minimum Gasteiger partial charge on any atom is -0.378 e. The molecule has 4 atom stereocenters. The summed E-state index contributed by atoms with van der Waals surface area (Å²) in [6.07, 6.45) is 4.77. The van der Waals surface area contributed by atoms with Gasteiger partial charge in [0.25, 0.3) is 0 Å². The van der Waals surface area contributed by atoms with Crippen LogP contribution in [0.25, 0.3) is 0 Å². The van der Waals surface area contributed by atoms with Crippen LogP contribution < -0.4 is 0 Å². The Bertz CT molecular complexity index is 144. The van der Waals surface area contributed by atoms with Gasteiger partial charge >= 0.3 is 0 Å². The molecule has 1 aliphatic heterocycles. The van der Waals surface area contributed by atoms with Crippen molar-refractivity contribution in [2.75, 3.05) is 6.61 Å². The predicted octanol–water partition coefficient (Wildman–Crippen LogP) is 2.46. The zero-order valence-electron chi connectivity index (χ0n) is 7.55. The Kier molecular flexibility index (Phi) is 1.92. The molecule has 0 radical (unpaired) electrons. The lowest BCUT2D eigenvalue weighted by molar-refractivity contribution is 0.0494. The van der Waals surface area contributed by atoms with E-state index in [0.29, 0.717) is 6.10 Å². The molecule has 0 aromatic carbocycles. The lowest BCUT2D eigenvalue weighted by atomic mass is 9.77. The number of ether oxygens (including phenoxy) is 1. The molecule has 1 saturated carbocycles. The largest absolute Gasteiger partial charge is 0.378 e. The van der Waals surface area contributed by atoms with Gasteiger partial charge in [0.05, 0.1) is 6.10 Å². The maximum Gasteiger partial charge on any atom is 0.0609 e. The molecule has 1 heterocycles. The van der Waals surface area contributed by atoms with Crippen molar-refractivity contribution >= 4 is 0 Å². The number of fused-ring (bicyclic) bond motifs is 1.